The first-order valence-electron chi connectivity index (χ1n) is 3.63. The van der Waals surface area contributed by atoms with Gasteiger partial charge in [0.25, 0.3) is 0 Å². The maximum absolute atomic E-state index is 2.40. The minimum absolute atomic E-state index is 0.994. The van der Waals surface area contributed by atoms with E-state index < -0.39 is 8.07 Å². The van der Waals surface area contributed by atoms with Gasteiger partial charge < -0.3 is 0 Å². The molecule has 0 spiro atoms. The number of hydrogen-bond donors (Lipinski definition) is 0. The molecule has 0 aromatic rings. The van der Waals surface area contributed by atoms with E-state index in [2.05, 4.69) is 52.2 Å². The molecule has 0 saturated carbocycles. The Kier molecular flexibility index (Phi) is 2.38. The molecule has 0 nitrogen and oxygen atoms in total. The van der Waals surface area contributed by atoms with Gasteiger partial charge in [-0.1, -0.05) is 0 Å². The quantitative estimate of drug-likeness (QED) is 0.551. The number of hydrogen-bond acceptors (Lipinski definition) is 0. The van der Waals surface area contributed by atoms with Crippen molar-refractivity contribution in [3.8, 4) is 0 Å². The van der Waals surface area contributed by atoms with E-state index in [1.165, 1.54) is 6.42 Å². The average Bonchev–Trinajstić information content (AvgIpc) is 2.11. The summed E-state index contributed by atoms with van der Waals surface area (Å²) in [5, 5.41) is 1.66. The van der Waals surface area contributed by atoms with Crippen LogP contribution >= 0.6 is 0 Å². The fraction of sp³-hybridized carbons (Fsp3) is 0.500. The van der Waals surface area contributed by atoms with Gasteiger partial charge in [-0.05, 0) is 0 Å². The summed E-state index contributed by atoms with van der Waals surface area (Å²) in [6, 6.07) is 0. The Hall–Kier alpha value is 0.411. The fourth-order valence-corrected chi connectivity index (χ4v) is 4.90. The van der Waals surface area contributed by atoms with Gasteiger partial charge in [0.05, 0.1) is 0 Å². The van der Waals surface area contributed by atoms with E-state index in [0.29, 0.717) is 0 Å². The van der Waals surface area contributed by atoms with Gasteiger partial charge in [-0.15, -0.1) is 0 Å². The minimum atomic E-state index is -0.994. The number of rotatable bonds is 1. The van der Waals surface area contributed by atoms with Crippen LogP contribution in [0.4, 0.5) is 0 Å². The molecule has 0 N–H and O–H groups in total. The molecule has 0 atom stereocenters. The van der Waals surface area contributed by atoms with Crippen molar-refractivity contribution in [1.82, 2.24) is 0 Å². The fourth-order valence-electron chi connectivity index (χ4n) is 1.21. The van der Waals surface area contributed by atoms with Crippen molar-refractivity contribution in [2.75, 3.05) is 0 Å². The Morgan fingerprint density at radius 3 is 2.20 bits per heavy atom. The normalized spacial score (nSPS) is 18.6. The van der Waals surface area contributed by atoms with Crippen LogP contribution < -0.4 is 0 Å². The SMILES string of the molecule is C[Si](C)(C)C1=[C]([Ti])CC=C1. The van der Waals surface area contributed by atoms with E-state index in [1.54, 1.807) is 9.07 Å². The van der Waals surface area contributed by atoms with Gasteiger partial charge in [0.15, 0.2) is 0 Å². The van der Waals surface area contributed by atoms with Crippen molar-refractivity contribution in [2.45, 2.75) is 26.1 Å². The second kappa shape index (κ2) is 2.80. The Morgan fingerprint density at radius 2 is 2.00 bits per heavy atom. The second-order valence-corrected chi connectivity index (χ2v) is 9.73. The van der Waals surface area contributed by atoms with Crippen LogP contribution in [0.3, 0.4) is 0 Å². The zero-order valence-electron chi connectivity index (χ0n) is 6.86. The summed E-state index contributed by atoms with van der Waals surface area (Å²) >= 11 is 2.26. The molecule has 0 amide bonds. The Balaban J connectivity index is 2.91. The van der Waals surface area contributed by atoms with Crippen LogP contribution in [-0.2, 0) is 20.4 Å². The Labute approximate surface area is 75.8 Å². The van der Waals surface area contributed by atoms with Gasteiger partial charge in [0, 0.05) is 0 Å². The summed E-state index contributed by atoms with van der Waals surface area (Å²) in [5.41, 5.74) is 0. The molecule has 0 fully saturated rings. The van der Waals surface area contributed by atoms with E-state index in [4.69, 9.17) is 0 Å². The predicted octanol–water partition coefficient (Wildman–Crippen LogP) is 2.62. The van der Waals surface area contributed by atoms with Gasteiger partial charge >= 0.3 is 75.8 Å². The van der Waals surface area contributed by atoms with Crippen molar-refractivity contribution >= 4 is 8.07 Å². The molecule has 1 rings (SSSR count). The maximum atomic E-state index is 2.40. The molecule has 0 unspecified atom stereocenters. The van der Waals surface area contributed by atoms with Crippen LogP contribution in [0, 0.1) is 0 Å². The molecular formula is C8H13SiTi. The Morgan fingerprint density at radius 1 is 1.40 bits per heavy atom. The summed E-state index contributed by atoms with van der Waals surface area (Å²) in [5.74, 6) is 0. The summed E-state index contributed by atoms with van der Waals surface area (Å²) in [7, 11) is -0.994. The molecule has 1 aliphatic carbocycles. The standard InChI is InChI=1S/C8H13Si.Ti/c1-9(2,3)8-6-4-5-7-8;/h4,6H,5H2,1-3H3;. The monoisotopic (exact) mass is 185 g/mol. The van der Waals surface area contributed by atoms with Crippen molar-refractivity contribution in [2.24, 2.45) is 0 Å². The summed E-state index contributed by atoms with van der Waals surface area (Å²) in [6.07, 6.45) is 5.80. The van der Waals surface area contributed by atoms with Crippen LogP contribution in [0.1, 0.15) is 6.42 Å². The van der Waals surface area contributed by atoms with Crippen molar-refractivity contribution < 1.29 is 20.4 Å². The average molecular weight is 185 g/mol. The molecule has 0 bridgehead atoms. The molecular weight excluding hydrogens is 172 g/mol. The van der Waals surface area contributed by atoms with Gasteiger partial charge in [-0.3, -0.25) is 0 Å². The first kappa shape index (κ1) is 8.51. The molecule has 0 saturated heterocycles. The number of allylic oxidation sites excluding steroid dienone is 4. The molecule has 0 aromatic carbocycles. The van der Waals surface area contributed by atoms with E-state index in [0.717, 1.165) is 0 Å². The van der Waals surface area contributed by atoms with Crippen LogP contribution in [0.15, 0.2) is 21.2 Å². The molecule has 0 radical (unpaired) electrons. The van der Waals surface area contributed by atoms with E-state index >= 15 is 0 Å². The molecule has 0 aliphatic heterocycles. The van der Waals surface area contributed by atoms with Gasteiger partial charge in [0.1, 0.15) is 0 Å². The van der Waals surface area contributed by atoms with Crippen LogP contribution in [0.5, 0.6) is 0 Å². The molecule has 1 aliphatic rings. The molecule has 2 heteroatoms. The van der Waals surface area contributed by atoms with Gasteiger partial charge in [0.2, 0.25) is 0 Å². The van der Waals surface area contributed by atoms with Crippen LogP contribution in [0.25, 0.3) is 0 Å². The van der Waals surface area contributed by atoms with Gasteiger partial charge in [-0.2, -0.15) is 0 Å². The van der Waals surface area contributed by atoms with E-state index in [1.807, 2.05) is 0 Å². The van der Waals surface area contributed by atoms with E-state index in [9.17, 15) is 0 Å². The first-order valence-corrected chi connectivity index (χ1v) is 7.91. The molecule has 0 aromatic heterocycles. The second-order valence-electron chi connectivity index (χ2n) is 3.75. The third-order valence-corrected chi connectivity index (χ3v) is 4.95. The first-order chi connectivity index (χ1) is 4.52. The Bertz CT molecular complexity index is 196. The van der Waals surface area contributed by atoms with Crippen molar-refractivity contribution in [1.29, 1.82) is 0 Å². The van der Waals surface area contributed by atoms with Crippen molar-refractivity contribution in [3.63, 3.8) is 0 Å². The van der Waals surface area contributed by atoms with Gasteiger partial charge in [-0.25, -0.2) is 0 Å². The summed E-state index contributed by atoms with van der Waals surface area (Å²) in [6.45, 7) is 7.21. The zero-order valence-corrected chi connectivity index (χ0v) is 9.42. The van der Waals surface area contributed by atoms with Crippen LogP contribution in [0.2, 0.25) is 19.6 Å². The molecule has 53 valence electrons. The molecule has 0 heterocycles. The summed E-state index contributed by atoms with van der Waals surface area (Å²) < 4.78 is 1.60. The molecule has 10 heavy (non-hydrogen) atoms. The third kappa shape index (κ3) is 1.72. The van der Waals surface area contributed by atoms with Crippen LogP contribution in [-0.4, -0.2) is 8.07 Å². The predicted molar refractivity (Wildman–Crippen MR) is 44.1 cm³/mol. The van der Waals surface area contributed by atoms with E-state index in [-0.39, 0.29) is 0 Å². The topological polar surface area (TPSA) is 0 Å². The zero-order chi connectivity index (χ0) is 7.78. The summed E-state index contributed by atoms with van der Waals surface area (Å²) in [4.78, 5) is 0. The third-order valence-electron chi connectivity index (χ3n) is 1.74. The van der Waals surface area contributed by atoms with Crippen molar-refractivity contribution in [3.05, 3.63) is 21.2 Å².